The van der Waals surface area contributed by atoms with E-state index in [1.54, 1.807) is 42.5 Å². The van der Waals surface area contributed by atoms with E-state index in [9.17, 15) is 22.8 Å². The summed E-state index contributed by atoms with van der Waals surface area (Å²) in [6.45, 7) is 4.05. The number of alkyl halides is 3. The molecule has 2 heterocycles. The Labute approximate surface area is 207 Å². The van der Waals surface area contributed by atoms with E-state index >= 15 is 0 Å². The minimum absolute atomic E-state index is 0.0156. The fourth-order valence-corrected chi connectivity index (χ4v) is 4.71. The Kier molecular flexibility index (Phi) is 6.97. The fourth-order valence-electron chi connectivity index (χ4n) is 4.71. The van der Waals surface area contributed by atoms with Gasteiger partial charge in [0.1, 0.15) is 5.75 Å². The van der Waals surface area contributed by atoms with Gasteiger partial charge in [0.2, 0.25) is 5.91 Å². The maximum atomic E-state index is 13.4. The first-order valence-electron chi connectivity index (χ1n) is 11.9. The first-order valence-corrected chi connectivity index (χ1v) is 11.9. The number of amides is 2. The monoisotopic (exact) mass is 502 g/mol. The highest BCUT2D eigenvalue weighted by atomic mass is 19.4. The highest BCUT2D eigenvalue weighted by Gasteiger charge is 2.46. The Balaban J connectivity index is 1.49. The molecular formula is C26H29F3N4O3. The van der Waals surface area contributed by atoms with Crippen LogP contribution in [0.2, 0.25) is 0 Å². The van der Waals surface area contributed by atoms with E-state index in [2.05, 4.69) is 10.6 Å². The molecule has 0 aliphatic carbocycles. The summed E-state index contributed by atoms with van der Waals surface area (Å²) < 4.78 is 45.4. The average Bonchev–Trinajstić information content (AvgIpc) is 2.85. The molecular weight excluding hydrogens is 473 g/mol. The van der Waals surface area contributed by atoms with Gasteiger partial charge in [-0.15, -0.1) is 0 Å². The van der Waals surface area contributed by atoms with Crippen molar-refractivity contribution in [1.29, 1.82) is 5.41 Å². The second-order valence-electron chi connectivity index (χ2n) is 9.27. The zero-order valence-corrected chi connectivity index (χ0v) is 20.1. The summed E-state index contributed by atoms with van der Waals surface area (Å²) in [5.41, 5.74) is 0.932. The van der Waals surface area contributed by atoms with Crippen LogP contribution in [-0.4, -0.2) is 40.5 Å². The van der Waals surface area contributed by atoms with Gasteiger partial charge in [0.15, 0.2) is 12.1 Å². The number of rotatable bonds is 6. The van der Waals surface area contributed by atoms with Crippen molar-refractivity contribution in [2.75, 3.05) is 0 Å². The largest absolute Gasteiger partial charge is 0.480 e. The standard InChI is InChI=1S/C26H29F3N4O3/c1-3-25(4-2)14-22(34)33(24(30)32-25)15-16-8-7-9-17(12-16)23(35)31-19-13-21(26(27,28)29)36-20-11-6-5-10-18(19)20/h5-12,19,21H,3-4,13-15H2,1-2H3,(H2,30,32)(H,31,35)/t19-,21?/m1/s1. The number of carbonyl (C=O) groups excluding carboxylic acids is 2. The number of guanidine groups is 1. The number of nitrogens with one attached hydrogen (secondary N) is 3. The van der Waals surface area contributed by atoms with Crippen LogP contribution in [0.5, 0.6) is 5.75 Å². The molecule has 2 amide bonds. The van der Waals surface area contributed by atoms with Crippen molar-refractivity contribution in [3.63, 3.8) is 0 Å². The van der Waals surface area contributed by atoms with Crippen molar-refractivity contribution in [1.82, 2.24) is 15.5 Å². The van der Waals surface area contributed by atoms with Gasteiger partial charge in [-0.05, 0) is 36.6 Å². The minimum atomic E-state index is -4.57. The third-order valence-corrected chi connectivity index (χ3v) is 7.01. The molecule has 0 aromatic heterocycles. The summed E-state index contributed by atoms with van der Waals surface area (Å²) >= 11 is 0. The van der Waals surface area contributed by atoms with E-state index in [1.165, 1.54) is 11.0 Å². The summed E-state index contributed by atoms with van der Waals surface area (Å²) in [6, 6.07) is 12.0. The van der Waals surface area contributed by atoms with Gasteiger partial charge in [-0.2, -0.15) is 13.2 Å². The lowest BCUT2D eigenvalue weighted by atomic mass is 9.87. The molecule has 1 unspecified atom stereocenters. The molecule has 2 aliphatic heterocycles. The van der Waals surface area contributed by atoms with Crippen molar-refractivity contribution in [3.05, 3.63) is 65.2 Å². The van der Waals surface area contributed by atoms with E-state index in [0.717, 1.165) is 0 Å². The Morgan fingerprint density at radius 1 is 1.19 bits per heavy atom. The smallest absolute Gasteiger partial charge is 0.425 e. The van der Waals surface area contributed by atoms with Gasteiger partial charge in [0, 0.05) is 23.1 Å². The van der Waals surface area contributed by atoms with Crippen LogP contribution in [0.25, 0.3) is 0 Å². The number of ether oxygens (including phenoxy) is 1. The number of hydrogen-bond donors (Lipinski definition) is 3. The van der Waals surface area contributed by atoms with Crippen LogP contribution in [0.15, 0.2) is 48.5 Å². The molecule has 192 valence electrons. The van der Waals surface area contributed by atoms with Crippen molar-refractivity contribution >= 4 is 17.8 Å². The molecule has 0 spiro atoms. The van der Waals surface area contributed by atoms with Crippen LogP contribution in [0, 0.1) is 5.41 Å². The number of fused-ring (bicyclic) bond motifs is 1. The Bertz CT molecular complexity index is 1140. The zero-order valence-electron chi connectivity index (χ0n) is 20.1. The summed E-state index contributed by atoms with van der Waals surface area (Å²) in [4.78, 5) is 27.2. The second-order valence-corrected chi connectivity index (χ2v) is 9.27. The number of nitrogens with zero attached hydrogens (tertiary/aromatic N) is 1. The molecule has 2 aromatic carbocycles. The van der Waals surface area contributed by atoms with Crippen molar-refractivity contribution < 1.29 is 27.5 Å². The van der Waals surface area contributed by atoms with Gasteiger partial charge in [-0.1, -0.05) is 44.2 Å². The number of para-hydroxylation sites is 1. The van der Waals surface area contributed by atoms with Crippen LogP contribution >= 0.6 is 0 Å². The Morgan fingerprint density at radius 2 is 1.92 bits per heavy atom. The molecule has 36 heavy (non-hydrogen) atoms. The van der Waals surface area contributed by atoms with Gasteiger partial charge in [0.05, 0.1) is 19.0 Å². The molecule has 7 nitrogen and oxygen atoms in total. The molecule has 1 saturated heterocycles. The number of benzene rings is 2. The van der Waals surface area contributed by atoms with Crippen LogP contribution < -0.4 is 15.4 Å². The summed E-state index contributed by atoms with van der Waals surface area (Å²) in [5, 5.41) is 14.2. The Hall–Kier alpha value is -3.56. The van der Waals surface area contributed by atoms with E-state index in [4.69, 9.17) is 10.1 Å². The van der Waals surface area contributed by atoms with Gasteiger partial charge in [0.25, 0.3) is 5.91 Å². The zero-order chi connectivity index (χ0) is 26.1. The lowest BCUT2D eigenvalue weighted by Gasteiger charge is -2.42. The van der Waals surface area contributed by atoms with Crippen LogP contribution in [0.4, 0.5) is 13.2 Å². The van der Waals surface area contributed by atoms with E-state index in [0.29, 0.717) is 24.0 Å². The topological polar surface area (TPSA) is 94.5 Å². The number of carbonyl (C=O) groups is 2. The maximum Gasteiger partial charge on any atom is 0.425 e. The first kappa shape index (κ1) is 25.5. The molecule has 2 atom stereocenters. The molecule has 10 heteroatoms. The normalized spacial score (nSPS) is 21.3. The Morgan fingerprint density at radius 3 is 2.58 bits per heavy atom. The number of hydrogen-bond acceptors (Lipinski definition) is 4. The van der Waals surface area contributed by atoms with Crippen molar-refractivity contribution in [2.45, 2.75) is 69.9 Å². The molecule has 0 radical (unpaired) electrons. The van der Waals surface area contributed by atoms with E-state index < -0.39 is 36.2 Å². The third-order valence-electron chi connectivity index (χ3n) is 7.01. The van der Waals surface area contributed by atoms with Crippen LogP contribution in [-0.2, 0) is 11.3 Å². The summed E-state index contributed by atoms with van der Waals surface area (Å²) in [5.74, 6) is -0.597. The van der Waals surface area contributed by atoms with Crippen LogP contribution in [0.1, 0.15) is 67.1 Å². The van der Waals surface area contributed by atoms with Gasteiger partial charge >= 0.3 is 6.18 Å². The van der Waals surface area contributed by atoms with E-state index in [1.807, 2.05) is 13.8 Å². The summed E-state index contributed by atoms with van der Waals surface area (Å²) in [7, 11) is 0. The SMILES string of the molecule is CCC1(CC)CC(=O)N(Cc2cccc(C(=O)N[C@@H]3CC(C(F)(F)F)Oc4ccccc43)c2)C(=N)N1. The van der Waals surface area contributed by atoms with Gasteiger partial charge < -0.3 is 15.4 Å². The third kappa shape index (κ3) is 5.17. The fraction of sp³-hybridized carbons (Fsp3) is 0.423. The molecule has 3 N–H and O–H groups in total. The van der Waals surface area contributed by atoms with Crippen molar-refractivity contribution in [2.24, 2.45) is 0 Å². The highest BCUT2D eigenvalue weighted by molar-refractivity contribution is 5.99. The van der Waals surface area contributed by atoms with Crippen LogP contribution in [0.3, 0.4) is 0 Å². The quantitative estimate of drug-likeness (QED) is 0.534. The lowest BCUT2D eigenvalue weighted by Crippen LogP contribution is -2.61. The molecule has 2 aliphatic rings. The van der Waals surface area contributed by atoms with Gasteiger partial charge in [-0.3, -0.25) is 19.9 Å². The maximum absolute atomic E-state index is 13.4. The van der Waals surface area contributed by atoms with Crippen molar-refractivity contribution in [3.8, 4) is 5.75 Å². The molecule has 1 fully saturated rings. The molecule has 0 saturated carbocycles. The highest BCUT2D eigenvalue weighted by Crippen LogP contribution is 2.40. The molecule has 2 aromatic rings. The predicted octanol–water partition coefficient (Wildman–Crippen LogP) is 4.69. The van der Waals surface area contributed by atoms with Gasteiger partial charge in [-0.25, -0.2) is 0 Å². The lowest BCUT2D eigenvalue weighted by molar-refractivity contribution is -0.201. The number of halogens is 3. The average molecular weight is 503 g/mol. The van der Waals surface area contributed by atoms with E-state index in [-0.39, 0.29) is 36.1 Å². The summed E-state index contributed by atoms with van der Waals surface area (Å²) in [6.07, 6.45) is -5.33. The first-order chi connectivity index (χ1) is 17.0. The second kappa shape index (κ2) is 9.83. The predicted molar refractivity (Wildman–Crippen MR) is 128 cm³/mol. The molecule has 0 bridgehead atoms. The molecule has 4 rings (SSSR count). The minimum Gasteiger partial charge on any atom is -0.480 e.